The molecule has 0 aliphatic heterocycles. The average Bonchev–Trinajstić information content (AvgIpc) is 3.23. The summed E-state index contributed by atoms with van der Waals surface area (Å²) < 4.78 is 16.4. The molecular formula is C20H17FN8O. The first kappa shape index (κ1) is 18.1. The van der Waals surface area contributed by atoms with E-state index in [4.69, 9.17) is 0 Å². The quantitative estimate of drug-likeness (QED) is 0.528. The van der Waals surface area contributed by atoms with Gasteiger partial charge in [0.05, 0.1) is 23.3 Å². The summed E-state index contributed by atoms with van der Waals surface area (Å²) in [4.78, 5) is 21.5. The maximum absolute atomic E-state index is 14.6. The van der Waals surface area contributed by atoms with Crippen molar-refractivity contribution in [2.45, 2.75) is 25.7 Å². The van der Waals surface area contributed by atoms with Crippen LogP contribution < -0.4 is 5.32 Å². The summed E-state index contributed by atoms with van der Waals surface area (Å²) in [5, 5.41) is 16.2. The number of aromatic amines is 1. The molecule has 10 heteroatoms. The molecule has 150 valence electrons. The fraction of sp³-hybridized carbons (Fsp3) is 0.200. The van der Waals surface area contributed by atoms with Crippen molar-refractivity contribution in [2.24, 2.45) is 0 Å². The van der Waals surface area contributed by atoms with Crippen LogP contribution in [0.4, 0.5) is 10.2 Å². The Hall–Kier alpha value is -3.95. The first-order valence-electron chi connectivity index (χ1n) is 9.45. The Kier molecular flexibility index (Phi) is 4.31. The number of carbonyl (C=O) groups excluding carboxylic acids is 1. The Morgan fingerprint density at radius 2 is 2.17 bits per heavy atom. The number of H-pyrrole nitrogens is 1. The number of amides is 1. The SMILES string of the molecule is Cc1cc(F)c(C(=O)Nc2cccc(-c3nn[nH]n3)n2)cc1-n1cnc(C2CC2)c1. The molecule has 0 bridgehead atoms. The number of nitrogens with zero attached hydrogens (tertiary/aromatic N) is 6. The van der Waals surface area contributed by atoms with Gasteiger partial charge in [-0.3, -0.25) is 4.79 Å². The number of aromatic nitrogens is 7. The fourth-order valence-electron chi connectivity index (χ4n) is 3.26. The van der Waals surface area contributed by atoms with Gasteiger partial charge in [0, 0.05) is 12.1 Å². The molecule has 4 aromatic rings. The summed E-state index contributed by atoms with van der Waals surface area (Å²) in [6.07, 6.45) is 5.92. The van der Waals surface area contributed by atoms with Gasteiger partial charge in [-0.25, -0.2) is 14.4 Å². The second-order valence-electron chi connectivity index (χ2n) is 7.20. The number of benzene rings is 1. The van der Waals surface area contributed by atoms with Crippen molar-refractivity contribution in [2.75, 3.05) is 5.32 Å². The number of carbonyl (C=O) groups is 1. The smallest absolute Gasteiger partial charge is 0.259 e. The topological polar surface area (TPSA) is 114 Å². The summed E-state index contributed by atoms with van der Waals surface area (Å²) in [5.74, 6) is -0.157. The summed E-state index contributed by atoms with van der Waals surface area (Å²) in [5.41, 5.74) is 2.78. The van der Waals surface area contributed by atoms with Gasteiger partial charge in [0.1, 0.15) is 17.3 Å². The summed E-state index contributed by atoms with van der Waals surface area (Å²) in [6, 6.07) is 7.86. The van der Waals surface area contributed by atoms with Gasteiger partial charge in [-0.05, 0) is 54.8 Å². The molecule has 0 unspecified atom stereocenters. The molecule has 2 N–H and O–H groups in total. The monoisotopic (exact) mass is 404 g/mol. The molecule has 3 heterocycles. The zero-order valence-corrected chi connectivity index (χ0v) is 16.0. The first-order valence-corrected chi connectivity index (χ1v) is 9.45. The highest BCUT2D eigenvalue weighted by Gasteiger charge is 2.26. The van der Waals surface area contributed by atoms with Gasteiger partial charge in [-0.15, -0.1) is 10.2 Å². The highest BCUT2D eigenvalue weighted by atomic mass is 19.1. The standard InChI is InChI=1S/C20H17FN8O/c1-11-7-14(21)13(8-17(11)29-9-16(22-10-29)12-5-6-12)20(30)24-18-4-2-3-15(23-18)19-25-27-28-26-19/h2-4,7-10,12H,5-6H2,1H3,(H,23,24,30)(H,25,26,27,28). The molecule has 1 amide bonds. The number of pyridine rings is 1. The van der Waals surface area contributed by atoms with Crippen LogP contribution in [0.25, 0.3) is 17.2 Å². The van der Waals surface area contributed by atoms with Crippen LogP contribution in [0.1, 0.15) is 40.4 Å². The molecule has 0 spiro atoms. The number of tetrazole rings is 1. The van der Waals surface area contributed by atoms with Gasteiger partial charge >= 0.3 is 0 Å². The molecule has 1 aromatic carbocycles. The van der Waals surface area contributed by atoms with Gasteiger partial charge in [0.2, 0.25) is 5.82 Å². The number of nitrogens with one attached hydrogen (secondary N) is 2. The van der Waals surface area contributed by atoms with Crippen LogP contribution in [-0.4, -0.2) is 41.1 Å². The number of imidazole rings is 1. The van der Waals surface area contributed by atoms with Gasteiger partial charge in [0.25, 0.3) is 5.91 Å². The second-order valence-corrected chi connectivity index (χ2v) is 7.20. The number of hydrogen-bond donors (Lipinski definition) is 2. The molecule has 9 nitrogen and oxygen atoms in total. The van der Waals surface area contributed by atoms with Crippen molar-refractivity contribution in [1.82, 2.24) is 35.2 Å². The van der Waals surface area contributed by atoms with E-state index in [1.807, 2.05) is 10.8 Å². The predicted octanol–water partition coefficient (Wildman–Crippen LogP) is 3.02. The molecular weight excluding hydrogens is 387 g/mol. The zero-order valence-electron chi connectivity index (χ0n) is 16.0. The van der Waals surface area contributed by atoms with Crippen molar-refractivity contribution in [3.63, 3.8) is 0 Å². The van der Waals surface area contributed by atoms with E-state index in [0.717, 1.165) is 18.5 Å². The lowest BCUT2D eigenvalue weighted by Crippen LogP contribution is -2.16. The molecule has 0 radical (unpaired) electrons. The van der Waals surface area contributed by atoms with E-state index >= 15 is 0 Å². The lowest BCUT2D eigenvalue weighted by atomic mass is 10.1. The highest BCUT2D eigenvalue weighted by Crippen LogP contribution is 2.39. The van der Waals surface area contributed by atoms with Crippen molar-refractivity contribution >= 4 is 11.7 Å². The fourth-order valence-corrected chi connectivity index (χ4v) is 3.26. The normalized spacial score (nSPS) is 13.4. The van der Waals surface area contributed by atoms with Crippen LogP contribution in [0.5, 0.6) is 0 Å². The molecule has 1 aliphatic rings. The van der Waals surface area contributed by atoms with E-state index in [2.05, 4.69) is 35.9 Å². The van der Waals surface area contributed by atoms with E-state index in [9.17, 15) is 9.18 Å². The van der Waals surface area contributed by atoms with Crippen LogP contribution in [0.15, 0.2) is 42.9 Å². The molecule has 1 saturated carbocycles. The third kappa shape index (κ3) is 3.43. The molecule has 3 aromatic heterocycles. The van der Waals surface area contributed by atoms with Crippen LogP contribution >= 0.6 is 0 Å². The van der Waals surface area contributed by atoms with Crippen molar-refractivity contribution in [3.05, 3.63) is 65.5 Å². The predicted molar refractivity (Wildman–Crippen MR) is 106 cm³/mol. The van der Waals surface area contributed by atoms with Gasteiger partial charge in [-0.1, -0.05) is 6.07 Å². The molecule has 1 fully saturated rings. The van der Waals surface area contributed by atoms with Gasteiger partial charge in [0.15, 0.2) is 0 Å². The lowest BCUT2D eigenvalue weighted by molar-refractivity contribution is 0.102. The van der Waals surface area contributed by atoms with E-state index in [0.29, 0.717) is 28.7 Å². The van der Waals surface area contributed by atoms with Crippen molar-refractivity contribution in [1.29, 1.82) is 0 Å². The van der Waals surface area contributed by atoms with Gasteiger partial charge in [-0.2, -0.15) is 5.21 Å². The molecule has 0 atom stereocenters. The third-order valence-electron chi connectivity index (χ3n) is 4.97. The minimum absolute atomic E-state index is 0.0796. The second kappa shape index (κ2) is 7.14. The average molecular weight is 404 g/mol. The van der Waals surface area contributed by atoms with Crippen LogP contribution in [-0.2, 0) is 0 Å². The largest absolute Gasteiger partial charge is 0.306 e. The summed E-state index contributed by atoms with van der Waals surface area (Å²) >= 11 is 0. The van der Waals surface area contributed by atoms with Crippen LogP contribution in [0.3, 0.4) is 0 Å². The Balaban J connectivity index is 1.43. The molecule has 1 aliphatic carbocycles. The number of aryl methyl sites for hydroxylation is 1. The number of anilines is 1. The zero-order chi connectivity index (χ0) is 20.7. The Morgan fingerprint density at radius 3 is 2.93 bits per heavy atom. The van der Waals surface area contributed by atoms with E-state index in [1.54, 1.807) is 31.5 Å². The molecule has 30 heavy (non-hydrogen) atoms. The molecule has 0 saturated heterocycles. The minimum atomic E-state index is -0.606. The lowest BCUT2D eigenvalue weighted by Gasteiger charge is -2.11. The number of rotatable bonds is 5. The summed E-state index contributed by atoms with van der Waals surface area (Å²) in [6.45, 7) is 1.80. The maximum atomic E-state index is 14.6. The number of halogens is 1. The van der Waals surface area contributed by atoms with Crippen molar-refractivity contribution < 1.29 is 9.18 Å². The van der Waals surface area contributed by atoms with E-state index < -0.39 is 11.7 Å². The van der Waals surface area contributed by atoms with E-state index in [-0.39, 0.29) is 11.4 Å². The van der Waals surface area contributed by atoms with Crippen LogP contribution in [0, 0.1) is 12.7 Å². The third-order valence-corrected chi connectivity index (χ3v) is 4.97. The Bertz CT molecular complexity index is 1230. The Morgan fingerprint density at radius 1 is 1.30 bits per heavy atom. The minimum Gasteiger partial charge on any atom is -0.306 e. The van der Waals surface area contributed by atoms with Crippen molar-refractivity contribution in [3.8, 4) is 17.2 Å². The maximum Gasteiger partial charge on any atom is 0.259 e. The number of hydrogen-bond acceptors (Lipinski definition) is 6. The van der Waals surface area contributed by atoms with E-state index in [1.165, 1.54) is 12.1 Å². The van der Waals surface area contributed by atoms with Gasteiger partial charge < -0.3 is 9.88 Å². The van der Waals surface area contributed by atoms with Crippen LogP contribution in [0.2, 0.25) is 0 Å². The Labute approximate surface area is 170 Å². The molecule has 5 rings (SSSR count). The first-order chi connectivity index (χ1) is 14.6. The summed E-state index contributed by atoms with van der Waals surface area (Å²) in [7, 11) is 0. The highest BCUT2D eigenvalue weighted by molar-refractivity contribution is 6.04.